The van der Waals surface area contributed by atoms with Crippen molar-refractivity contribution in [3.05, 3.63) is 47.4 Å². The van der Waals surface area contributed by atoms with E-state index in [1.807, 2.05) is 0 Å². The number of rotatable bonds is 1. The minimum atomic E-state index is 0.363. The van der Waals surface area contributed by atoms with Crippen LogP contribution < -0.4 is 0 Å². The largest absolute Gasteiger partial charge is 0.251 e. The zero-order valence-corrected chi connectivity index (χ0v) is 8.44. The van der Waals surface area contributed by atoms with Gasteiger partial charge in [-0.25, -0.2) is 4.98 Å². The van der Waals surface area contributed by atoms with Crippen molar-refractivity contribution in [1.82, 2.24) is 9.97 Å². The molecule has 0 saturated heterocycles. The number of hydrogen-bond donors (Lipinski definition) is 0. The molecule has 0 radical (unpaired) electrons. The zero-order chi connectivity index (χ0) is 10.7. The Kier molecular flexibility index (Phi) is 2.61. The summed E-state index contributed by atoms with van der Waals surface area (Å²) < 4.78 is 0. The Morgan fingerprint density at radius 3 is 2.33 bits per heavy atom. The predicted octanol–water partition coefficient (Wildman–Crippen LogP) is 2.67. The van der Waals surface area contributed by atoms with Gasteiger partial charge in [-0.15, -0.1) is 0 Å². The molecule has 0 bridgehead atoms. The van der Waals surface area contributed by atoms with Crippen LogP contribution in [0.15, 0.2) is 36.7 Å². The molecular formula is C11H6ClN3. The zero-order valence-electron chi connectivity index (χ0n) is 7.68. The van der Waals surface area contributed by atoms with Gasteiger partial charge in [-0.1, -0.05) is 23.7 Å². The smallest absolute Gasteiger partial charge is 0.155 e. The Labute approximate surface area is 92.0 Å². The third kappa shape index (κ3) is 1.95. The van der Waals surface area contributed by atoms with Crippen LogP contribution in [0.5, 0.6) is 0 Å². The number of benzene rings is 1. The average Bonchev–Trinajstić information content (AvgIpc) is 2.30. The Balaban J connectivity index is 2.47. The summed E-state index contributed by atoms with van der Waals surface area (Å²) >= 11 is 5.89. The van der Waals surface area contributed by atoms with E-state index in [1.165, 1.54) is 6.20 Å². The summed E-state index contributed by atoms with van der Waals surface area (Å²) in [6.07, 6.45) is 3.12. The Morgan fingerprint density at radius 1 is 1.07 bits per heavy atom. The van der Waals surface area contributed by atoms with Gasteiger partial charge in [0, 0.05) is 18.0 Å². The first kappa shape index (κ1) is 9.63. The molecule has 0 fully saturated rings. The highest BCUT2D eigenvalue weighted by molar-refractivity contribution is 6.31. The van der Waals surface area contributed by atoms with Gasteiger partial charge in [0.15, 0.2) is 5.15 Å². The number of halogens is 1. The molecule has 0 amide bonds. The quantitative estimate of drug-likeness (QED) is 0.735. The van der Waals surface area contributed by atoms with E-state index in [2.05, 4.69) is 16.0 Å². The van der Waals surface area contributed by atoms with Crippen molar-refractivity contribution in [2.24, 2.45) is 0 Å². The molecule has 0 aliphatic rings. The van der Waals surface area contributed by atoms with Crippen molar-refractivity contribution in [2.75, 3.05) is 0 Å². The number of nitriles is 1. The summed E-state index contributed by atoms with van der Waals surface area (Å²) in [6.45, 7) is 0. The molecule has 1 aromatic carbocycles. The molecule has 2 aromatic rings. The number of aromatic nitrogens is 2. The van der Waals surface area contributed by atoms with E-state index >= 15 is 0 Å². The van der Waals surface area contributed by atoms with Crippen LogP contribution in [0.3, 0.4) is 0 Å². The Hall–Kier alpha value is -1.92. The summed E-state index contributed by atoms with van der Waals surface area (Å²) in [5.74, 6) is 0. The Bertz CT molecular complexity index is 514. The van der Waals surface area contributed by atoms with Crippen molar-refractivity contribution in [3.8, 4) is 17.3 Å². The van der Waals surface area contributed by atoms with E-state index in [9.17, 15) is 0 Å². The third-order valence-electron chi connectivity index (χ3n) is 1.94. The molecule has 3 nitrogen and oxygen atoms in total. The molecule has 0 unspecified atom stereocenters. The van der Waals surface area contributed by atoms with Gasteiger partial charge in [-0.05, 0) is 12.1 Å². The molecular weight excluding hydrogens is 210 g/mol. The molecule has 0 aliphatic heterocycles. The maximum Gasteiger partial charge on any atom is 0.155 e. The fraction of sp³-hybridized carbons (Fsp3) is 0. The second-order valence-corrected chi connectivity index (χ2v) is 3.24. The van der Waals surface area contributed by atoms with Gasteiger partial charge in [-0.2, -0.15) is 5.26 Å². The van der Waals surface area contributed by atoms with Crippen LogP contribution in [0.1, 0.15) is 5.56 Å². The Morgan fingerprint density at radius 2 is 1.73 bits per heavy atom. The second-order valence-electron chi connectivity index (χ2n) is 2.88. The highest BCUT2D eigenvalue weighted by atomic mass is 35.5. The fourth-order valence-corrected chi connectivity index (χ4v) is 1.43. The molecule has 0 spiro atoms. The first-order valence-electron chi connectivity index (χ1n) is 4.28. The van der Waals surface area contributed by atoms with Gasteiger partial charge in [0.05, 0.1) is 11.6 Å². The molecule has 0 saturated carbocycles. The molecule has 2 rings (SSSR count). The van der Waals surface area contributed by atoms with Crippen LogP contribution in [0.25, 0.3) is 11.3 Å². The van der Waals surface area contributed by atoms with Crippen molar-refractivity contribution in [2.45, 2.75) is 0 Å². The molecule has 72 valence electrons. The van der Waals surface area contributed by atoms with E-state index in [4.69, 9.17) is 16.9 Å². The van der Waals surface area contributed by atoms with Gasteiger partial charge < -0.3 is 0 Å². The lowest BCUT2D eigenvalue weighted by Gasteiger charge is -2.01. The van der Waals surface area contributed by atoms with Crippen LogP contribution in [0.4, 0.5) is 0 Å². The molecule has 0 atom stereocenters. The van der Waals surface area contributed by atoms with E-state index in [0.717, 1.165) is 5.56 Å². The maximum atomic E-state index is 8.65. The maximum absolute atomic E-state index is 8.65. The molecule has 0 N–H and O–H groups in total. The van der Waals surface area contributed by atoms with Crippen LogP contribution >= 0.6 is 11.6 Å². The van der Waals surface area contributed by atoms with Gasteiger partial charge in [0.1, 0.15) is 5.69 Å². The highest BCUT2D eigenvalue weighted by Gasteiger charge is 2.04. The lowest BCUT2D eigenvalue weighted by Crippen LogP contribution is -1.87. The monoisotopic (exact) mass is 215 g/mol. The number of nitrogens with zero attached hydrogens (tertiary/aromatic N) is 3. The SMILES string of the molecule is N#Cc1ccc(-c2nccnc2Cl)cc1. The molecule has 0 aliphatic carbocycles. The van der Waals surface area contributed by atoms with Crippen molar-refractivity contribution < 1.29 is 0 Å². The molecule has 1 aromatic heterocycles. The minimum Gasteiger partial charge on any atom is -0.251 e. The topological polar surface area (TPSA) is 49.6 Å². The highest BCUT2D eigenvalue weighted by Crippen LogP contribution is 2.23. The standard InChI is InChI=1S/C11H6ClN3/c12-11-10(14-5-6-15-11)9-3-1-8(7-13)2-4-9/h1-6H. The minimum absolute atomic E-state index is 0.363. The van der Waals surface area contributed by atoms with E-state index in [-0.39, 0.29) is 0 Å². The molecule has 4 heteroatoms. The van der Waals surface area contributed by atoms with Crippen molar-refractivity contribution in [3.63, 3.8) is 0 Å². The number of hydrogen-bond acceptors (Lipinski definition) is 3. The van der Waals surface area contributed by atoms with Gasteiger partial charge in [0.25, 0.3) is 0 Å². The normalized spacial score (nSPS) is 9.60. The first-order chi connectivity index (χ1) is 7.31. The first-order valence-corrected chi connectivity index (χ1v) is 4.66. The van der Waals surface area contributed by atoms with Gasteiger partial charge >= 0.3 is 0 Å². The fourth-order valence-electron chi connectivity index (χ4n) is 1.22. The lowest BCUT2D eigenvalue weighted by molar-refractivity contribution is 1.21. The van der Waals surface area contributed by atoms with Crippen LogP contribution in [0, 0.1) is 11.3 Å². The van der Waals surface area contributed by atoms with E-state index < -0.39 is 0 Å². The van der Waals surface area contributed by atoms with E-state index in [1.54, 1.807) is 30.5 Å². The summed E-state index contributed by atoms with van der Waals surface area (Å²) in [5, 5.41) is 9.01. The van der Waals surface area contributed by atoms with Crippen LogP contribution in [-0.2, 0) is 0 Å². The van der Waals surface area contributed by atoms with Crippen LogP contribution in [0.2, 0.25) is 5.15 Å². The van der Waals surface area contributed by atoms with Crippen molar-refractivity contribution in [1.29, 1.82) is 5.26 Å². The second kappa shape index (κ2) is 4.07. The lowest BCUT2D eigenvalue weighted by atomic mass is 10.1. The summed E-state index contributed by atoms with van der Waals surface area (Å²) in [5.41, 5.74) is 2.09. The third-order valence-corrected chi connectivity index (χ3v) is 2.22. The summed E-state index contributed by atoms with van der Waals surface area (Å²) in [6, 6.07) is 9.10. The predicted molar refractivity (Wildman–Crippen MR) is 57.2 cm³/mol. The molecule has 1 heterocycles. The summed E-state index contributed by atoms with van der Waals surface area (Å²) in [4.78, 5) is 8.06. The van der Waals surface area contributed by atoms with Crippen LogP contribution in [-0.4, -0.2) is 9.97 Å². The van der Waals surface area contributed by atoms with Gasteiger partial charge in [-0.3, -0.25) is 4.98 Å². The summed E-state index contributed by atoms with van der Waals surface area (Å²) in [7, 11) is 0. The molecule has 15 heavy (non-hydrogen) atoms. The van der Waals surface area contributed by atoms with Gasteiger partial charge in [0.2, 0.25) is 0 Å². The average molecular weight is 216 g/mol. The van der Waals surface area contributed by atoms with Crippen molar-refractivity contribution >= 4 is 11.6 Å². The van der Waals surface area contributed by atoms with E-state index in [0.29, 0.717) is 16.4 Å².